The Labute approximate surface area is 86.7 Å². The molecule has 1 aromatic carbocycles. The molecular weight excluding hydrogens is 170 g/mol. The SMILES string of the molecule is CN(C)C1CCc2ccccc2CC1. The van der Waals surface area contributed by atoms with Gasteiger partial charge in [0.25, 0.3) is 0 Å². The predicted molar refractivity (Wildman–Crippen MR) is 60.6 cm³/mol. The van der Waals surface area contributed by atoms with E-state index in [1.165, 1.54) is 25.7 Å². The van der Waals surface area contributed by atoms with Crippen LogP contribution in [0.3, 0.4) is 0 Å². The van der Waals surface area contributed by atoms with E-state index in [9.17, 15) is 0 Å². The van der Waals surface area contributed by atoms with Crippen molar-refractivity contribution in [3.63, 3.8) is 0 Å². The summed E-state index contributed by atoms with van der Waals surface area (Å²) in [6.45, 7) is 0. The third-order valence-corrected chi connectivity index (χ3v) is 3.34. The molecule has 1 aromatic rings. The molecule has 0 aromatic heterocycles. The van der Waals surface area contributed by atoms with Gasteiger partial charge in [0.2, 0.25) is 0 Å². The van der Waals surface area contributed by atoms with Crippen LogP contribution in [0.5, 0.6) is 0 Å². The molecule has 0 atom stereocenters. The van der Waals surface area contributed by atoms with Crippen molar-refractivity contribution < 1.29 is 0 Å². The quantitative estimate of drug-likeness (QED) is 0.613. The summed E-state index contributed by atoms with van der Waals surface area (Å²) in [5.41, 5.74) is 3.13. The predicted octanol–water partition coefficient (Wildman–Crippen LogP) is 2.50. The Kier molecular flexibility index (Phi) is 2.87. The lowest BCUT2D eigenvalue weighted by Crippen LogP contribution is -2.27. The van der Waals surface area contributed by atoms with Crippen LogP contribution >= 0.6 is 0 Å². The number of hydrogen-bond donors (Lipinski definition) is 0. The Bertz CT molecular complexity index is 277. The largest absolute Gasteiger partial charge is 0.306 e. The first-order valence-corrected chi connectivity index (χ1v) is 5.50. The van der Waals surface area contributed by atoms with Gasteiger partial charge >= 0.3 is 0 Å². The van der Waals surface area contributed by atoms with Gasteiger partial charge in [-0.3, -0.25) is 0 Å². The van der Waals surface area contributed by atoms with Crippen molar-refractivity contribution >= 4 is 0 Å². The summed E-state index contributed by atoms with van der Waals surface area (Å²) in [4.78, 5) is 2.37. The molecular formula is C13H19N. The van der Waals surface area contributed by atoms with Crippen LogP contribution in [0.15, 0.2) is 24.3 Å². The van der Waals surface area contributed by atoms with Gasteiger partial charge in [-0.1, -0.05) is 24.3 Å². The molecule has 2 rings (SSSR count). The van der Waals surface area contributed by atoms with Crippen LogP contribution in [0.1, 0.15) is 24.0 Å². The molecule has 0 N–H and O–H groups in total. The summed E-state index contributed by atoms with van der Waals surface area (Å²) in [6.07, 6.45) is 5.12. The zero-order valence-corrected chi connectivity index (χ0v) is 9.16. The second kappa shape index (κ2) is 4.14. The third-order valence-electron chi connectivity index (χ3n) is 3.34. The minimum absolute atomic E-state index is 0.766. The fourth-order valence-electron chi connectivity index (χ4n) is 2.35. The van der Waals surface area contributed by atoms with Crippen molar-refractivity contribution in [3.05, 3.63) is 35.4 Å². The maximum Gasteiger partial charge on any atom is 0.00955 e. The van der Waals surface area contributed by atoms with Crippen LogP contribution in [0.25, 0.3) is 0 Å². The topological polar surface area (TPSA) is 3.24 Å². The first kappa shape index (κ1) is 9.72. The molecule has 1 heteroatoms. The number of aryl methyl sites for hydroxylation is 2. The highest BCUT2D eigenvalue weighted by molar-refractivity contribution is 5.28. The summed E-state index contributed by atoms with van der Waals surface area (Å²) in [5, 5.41) is 0. The summed E-state index contributed by atoms with van der Waals surface area (Å²) in [7, 11) is 4.39. The van der Waals surface area contributed by atoms with Crippen LogP contribution in [0, 0.1) is 0 Å². The molecule has 0 unspecified atom stereocenters. The van der Waals surface area contributed by atoms with Gasteiger partial charge in [0, 0.05) is 6.04 Å². The lowest BCUT2D eigenvalue weighted by Gasteiger charge is -2.21. The van der Waals surface area contributed by atoms with E-state index in [2.05, 4.69) is 43.3 Å². The Morgan fingerprint density at radius 2 is 1.50 bits per heavy atom. The lowest BCUT2D eigenvalue weighted by molar-refractivity contribution is 0.269. The van der Waals surface area contributed by atoms with E-state index in [0.717, 1.165) is 6.04 Å². The van der Waals surface area contributed by atoms with E-state index >= 15 is 0 Å². The maximum atomic E-state index is 2.37. The average Bonchev–Trinajstić information content (AvgIpc) is 2.39. The summed E-state index contributed by atoms with van der Waals surface area (Å²) >= 11 is 0. The summed E-state index contributed by atoms with van der Waals surface area (Å²) in [6, 6.07) is 9.66. The molecule has 1 nitrogen and oxygen atoms in total. The molecule has 0 saturated carbocycles. The molecule has 0 fully saturated rings. The number of fused-ring (bicyclic) bond motifs is 1. The van der Waals surface area contributed by atoms with Gasteiger partial charge in [0.1, 0.15) is 0 Å². The van der Waals surface area contributed by atoms with E-state index in [1.54, 1.807) is 11.1 Å². The maximum absolute atomic E-state index is 2.37. The number of hydrogen-bond acceptors (Lipinski definition) is 1. The van der Waals surface area contributed by atoms with Gasteiger partial charge in [-0.2, -0.15) is 0 Å². The van der Waals surface area contributed by atoms with Crippen molar-refractivity contribution in [1.29, 1.82) is 0 Å². The van der Waals surface area contributed by atoms with E-state index in [4.69, 9.17) is 0 Å². The molecule has 1 aliphatic rings. The van der Waals surface area contributed by atoms with Crippen molar-refractivity contribution in [2.75, 3.05) is 14.1 Å². The smallest absolute Gasteiger partial charge is 0.00955 e. The van der Waals surface area contributed by atoms with E-state index in [1.807, 2.05) is 0 Å². The lowest BCUT2D eigenvalue weighted by atomic mass is 10.0. The highest BCUT2D eigenvalue weighted by Gasteiger charge is 2.16. The molecule has 14 heavy (non-hydrogen) atoms. The van der Waals surface area contributed by atoms with Gasteiger partial charge in [-0.25, -0.2) is 0 Å². The zero-order valence-electron chi connectivity index (χ0n) is 9.16. The standard InChI is InChI=1S/C13H19N/c1-14(2)13-9-7-11-5-3-4-6-12(11)8-10-13/h3-6,13H,7-10H2,1-2H3. The summed E-state index contributed by atoms with van der Waals surface area (Å²) < 4.78 is 0. The van der Waals surface area contributed by atoms with Crippen molar-refractivity contribution in [2.45, 2.75) is 31.7 Å². The van der Waals surface area contributed by atoms with E-state index < -0.39 is 0 Å². The van der Waals surface area contributed by atoms with Crippen LogP contribution in [-0.4, -0.2) is 25.0 Å². The van der Waals surface area contributed by atoms with Crippen molar-refractivity contribution in [3.8, 4) is 0 Å². The van der Waals surface area contributed by atoms with Gasteiger partial charge in [-0.05, 0) is 50.9 Å². The van der Waals surface area contributed by atoms with E-state index in [0.29, 0.717) is 0 Å². The first-order valence-electron chi connectivity index (χ1n) is 5.50. The van der Waals surface area contributed by atoms with Crippen LogP contribution in [0.2, 0.25) is 0 Å². The Morgan fingerprint density at radius 1 is 1.00 bits per heavy atom. The van der Waals surface area contributed by atoms with Gasteiger partial charge < -0.3 is 4.90 Å². The molecule has 0 heterocycles. The highest BCUT2D eigenvalue weighted by Crippen LogP contribution is 2.22. The number of nitrogens with zero attached hydrogens (tertiary/aromatic N) is 1. The average molecular weight is 189 g/mol. The van der Waals surface area contributed by atoms with Gasteiger partial charge in [0.15, 0.2) is 0 Å². The molecule has 0 saturated heterocycles. The second-order valence-electron chi connectivity index (χ2n) is 4.46. The van der Waals surface area contributed by atoms with Gasteiger partial charge in [0.05, 0.1) is 0 Å². The van der Waals surface area contributed by atoms with Crippen LogP contribution < -0.4 is 0 Å². The highest BCUT2D eigenvalue weighted by atomic mass is 15.1. The fraction of sp³-hybridized carbons (Fsp3) is 0.538. The minimum Gasteiger partial charge on any atom is -0.306 e. The molecule has 76 valence electrons. The Balaban J connectivity index is 2.14. The molecule has 0 amide bonds. The summed E-state index contributed by atoms with van der Waals surface area (Å²) in [5.74, 6) is 0. The number of benzene rings is 1. The first-order chi connectivity index (χ1) is 6.77. The fourth-order valence-corrected chi connectivity index (χ4v) is 2.35. The molecule has 0 bridgehead atoms. The molecule has 1 aliphatic carbocycles. The van der Waals surface area contributed by atoms with Crippen molar-refractivity contribution in [1.82, 2.24) is 4.90 Å². The third kappa shape index (κ3) is 1.98. The molecule has 0 radical (unpaired) electrons. The van der Waals surface area contributed by atoms with Gasteiger partial charge in [-0.15, -0.1) is 0 Å². The van der Waals surface area contributed by atoms with E-state index in [-0.39, 0.29) is 0 Å². The number of rotatable bonds is 1. The Morgan fingerprint density at radius 3 is 1.93 bits per heavy atom. The van der Waals surface area contributed by atoms with Crippen LogP contribution in [-0.2, 0) is 12.8 Å². The molecule has 0 spiro atoms. The minimum atomic E-state index is 0.766. The van der Waals surface area contributed by atoms with Crippen LogP contribution in [0.4, 0.5) is 0 Å². The normalized spacial score (nSPS) is 17.9. The zero-order chi connectivity index (χ0) is 9.97. The Hall–Kier alpha value is -0.820. The molecule has 0 aliphatic heterocycles. The van der Waals surface area contributed by atoms with Crippen molar-refractivity contribution in [2.24, 2.45) is 0 Å². The second-order valence-corrected chi connectivity index (χ2v) is 4.46. The monoisotopic (exact) mass is 189 g/mol.